The van der Waals surface area contributed by atoms with Gasteiger partial charge in [0.25, 0.3) is 11.6 Å². The highest BCUT2D eigenvalue weighted by Crippen LogP contribution is 2.23. The standard InChI is InChI=1S/C16H13ClN2O6/c1-24-12-4-2-3-10(7-12)18-15(20)9-25-16(21)13-6-5-11(19(22)23)8-14(13)17/h2-8H,9H2,1H3,(H,18,20). The number of carbonyl (C=O) groups excluding carboxylic acids is 2. The summed E-state index contributed by atoms with van der Waals surface area (Å²) in [7, 11) is 1.50. The van der Waals surface area contributed by atoms with E-state index in [2.05, 4.69) is 5.32 Å². The van der Waals surface area contributed by atoms with Gasteiger partial charge in [-0.15, -0.1) is 0 Å². The minimum absolute atomic E-state index is 0.0681. The number of methoxy groups -OCH3 is 1. The molecule has 2 aromatic rings. The van der Waals surface area contributed by atoms with Crippen molar-refractivity contribution >= 4 is 34.9 Å². The lowest BCUT2D eigenvalue weighted by atomic mass is 10.2. The molecule has 9 heteroatoms. The first-order chi connectivity index (χ1) is 11.9. The lowest BCUT2D eigenvalue weighted by Gasteiger charge is -2.08. The quantitative estimate of drug-likeness (QED) is 0.479. The number of anilines is 1. The zero-order chi connectivity index (χ0) is 18.4. The van der Waals surface area contributed by atoms with Gasteiger partial charge < -0.3 is 14.8 Å². The number of amides is 1. The molecule has 130 valence electrons. The molecule has 0 bridgehead atoms. The number of hydrogen-bond acceptors (Lipinski definition) is 6. The van der Waals surface area contributed by atoms with E-state index in [0.717, 1.165) is 12.1 Å². The van der Waals surface area contributed by atoms with E-state index >= 15 is 0 Å². The van der Waals surface area contributed by atoms with Gasteiger partial charge in [-0.25, -0.2) is 4.79 Å². The number of benzene rings is 2. The highest BCUT2D eigenvalue weighted by molar-refractivity contribution is 6.33. The fraction of sp³-hybridized carbons (Fsp3) is 0.125. The van der Waals surface area contributed by atoms with Crippen molar-refractivity contribution in [2.75, 3.05) is 19.0 Å². The highest BCUT2D eigenvalue weighted by Gasteiger charge is 2.17. The Morgan fingerprint density at radius 3 is 2.64 bits per heavy atom. The number of nitrogens with zero attached hydrogens (tertiary/aromatic N) is 1. The van der Waals surface area contributed by atoms with Gasteiger partial charge in [-0.2, -0.15) is 0 Å². The monoisotopic (exact) mass is 364 g/mol. The summed E-state index contributed by atoms with van der Waals surface area (Å²) >= 11 is 5.83. The maximum Gasteiger partial charge on any atom is 0.340 e. The van der Waals surface area contributed by atoms with Crippen LogP contribution in [-0.4, -0.2) is 30.5 Å². The van der Waals surface area contributed by atoms with Gasteiger partial charge in [-0.3, -0.25) is 14.9 Å². The largest absolute Gasteiger partial charge is 0.497 e. The van der Waals surface area contributed by atoms with Crippen molar-refractivity contribution in [3.63, 3.8) is 0 Å². The molecule has 0 heterocycles. The Bertz CT molecular complexity index is 824. The smallest absolute Gasteiger partial charge is 0.340 e. The lowest BCUT2D eigenvalue weighted by molar-refractivity contribution is -0.384. The molecule has 0 saturated carbocycles. The summed E-state index contributed by atoms with van der Waals surface area (Å²) in [5, 5.41) is 13.0. The number of nitrogens with one attached hydrogen (secondary N) is 1. The molecule has 8 nitrogen and oxygen atoms in total. The van der Waals surface area contributed by atoms with Crippen molar-refractivity contribution in [3.8, 4) is 5.75 Å². The molecule has 2 rings (SSSR count). The van der Waals surface area contributed by atoms with Gasteiger partial charge in [0, 0.05) is 23.9 Å². The van der Waals surface area contributed by atoms with Crippen molar-refractivity contribution in [1.29, 1.82) is 0 Å². The third kappa shape index (κ3) is 4.92. The van der Waals surface area contributed by atoms with Crippen molar-refractivity contribution in [2.24, 2.45) is 0 Å². The Labute approximate surface area is 147 Å². The van der Waals surface area contributed by atoms with E-state index in [1.165, 1.54) is 13.2 Å². The maximum absolute atomic E-state index is 11.9. The molecule has 25 heavy (non-hydrogen) atoms. The average Bonchev–Trinajstić information content (AvgIpc) is 2.59. The Kier molecular flexibility index (Phi) is 5.91. The highest BCUT2D eigenvalue weighted by atomic mass is 35.5. The Morgan fingerprint density at radius 1 is 1.24 bits per heavy atom. The topological polar surface area (TPSA) is 108 Å². The molecular weight excluding hydrogens is 352 g/mol. The van der Waals surface area contributed by atoms with E-state index in [0.29, 0.717) is 11.4 Å². The minimum atomic E-state index is -0.860. The molecule has 1 N–H and O–H groups in total. The van der Waals surface area contributed by atoms with Gasteiger partial charge in [-0.05, 0) is 18.2 Å². The second-order valence-corrected chi connectivity index (χ2v) is 5.18. The fourth-order valence-corrected chi connectivity index (χ4v) is 2.14. The third-order valence-corrected chi connectivity index (χ3v) is 3.38. The van der Waals surface area contributed by atoms with Gasteiger partial charge in [0.1, 0.15) is 5.75 Å². The van der Waals surface area contributed by atoms with Crippen LogP contribution in [0.25, 0.3) is 0 Å². The van der Waals surface area contributed by atoms with Crippen molar-refractivity contribution in [2.45, 2.75) is 0 Å². The van der Waals surface area contributed by atoms with E-state index in [4.69, 9.17) is 21.1 Å². The van der Waals surface area contributed by atoms with E-state index < -0.39 is 23.4 Å². The van der Waals surface area contributed by atoms with Crippen LogP contribution in [0.4, 0.5) is 11.4 Å². The van der Waals surface area contributed by atoms with Gasteiger partial charge in [-0.1, -0.05) is 17.7 Å². The van der Waals surface area contributed by atoms with E-state index in [1.54, 1.807) is 24.3 Å². The maximum atomic E-state index is 11.9. The molecule has 0 aliphatic heterocycles. The van der Waals surface area contributed by atoms with Crippen molar-refractivity contribution < 1.29 is 24.0 Å². The second-order valence-electron chi connectivity index (χ2n) is 4.78. The van der Waals surface area contributed by atoms with Crippen LogP contribution in [0.5, 0.6) is 5.75 Å². The Morgan fingerprint density at radius 2 is 2.00 bits per heavy atom. The predicted octanol–water partition coefficient (Wildman–Crippen LogP) is 3.05. The van der Waals surface area contributed by atoms with Gasteiger partial charge in [0.2, 0.25) is 0 Å². The summed E-state index contributed by atoms with van der Waals surface area (Å²) in [6.45, 7) is -0.538. The Balaban J connectivity index is 1.95. The fourth-order valence-electron chi connectivity index (χ4n) is 1.89. The lowest BCUT2D eigenvalue weighted by Crippen LogP contribution is -2.21. The van der Waals surface area contributed by atoms with Crippen LogP contribution < -0.4 is 10.1 Å². The molecule has 0 fully saturated rings. The van der Waals surface area contributed by atoms with E-state index in [9.17, 15) is 19.7 Å². The third-order valence-electron chi connectivity index (χ3n) is 3.07. The molecule has 0 radical (unpaired) electrons. The summed E-state index contributed by atoms with van der Waals surface area (Å²) in [6.07, 6.45) is 0. The van der Waals surface area contributed by atoms with Gasteiger partial charge >= 0.3 is 5.97 Å². The second kappa shape index (κ2) is 8.11. The molecule has 0 aliphatic rings. The SMILES string of the molecule is COc1cccc(NC(=O)COC(=O)c2ccc([N+](=O)[O-])cc2Cl)c1. The number of ether oxygens (including phenoxy) is 2. The first kappa shape index (κ1) is 18.2. The van der Waals surface area contributed by atoms with Crippen LogP contribution in [0.15, 0.2) is 42.5 Å². The van der Waals surface area contributed by atoms with Crippen LogP contribution in [0.1, 0.15) is 10.4 Å². The number of nitro benzene ring substituents is 1. The molecule has 0 aliphatic carbocycles. The summed E-state index contributed by atoms with van der Waals surface area (Å²) < 4.78 is 9.90. The summed E-state index contributed by atoms with van der Waals surface area (Å²) in [6, 6.07) is 9.99. The summed E-state index contributed by atoms with van der Waals surface area (Å²) in [4.78, 5) is 33.8. The van der Waals surface area contributed by atoms with Crippen molar-refractivity contribution in [3.05, 3.63) is 63.2 Å². The predicted molar refractivity (Wildman–Crippen MR) is 90.0 cm³/mol. The minimum Gasteiger partial charge on any atom is -0.497 e. The number of rotatable bonds is 6. The summed E-state index contributed by atoms with van der Waals surface area (Å²) in [5.41, 5.74) is 0.160. The van der Waals surface area contributed by atoms with Crippen LogP contribution in [0, 0.1) is 10.1 Å². The van der Waals surface area contributed by atoms with Gasteiger partial charge in [0.15, 0.2) is 6.61 Å². The molecule has 0 aromatic heterocycles. The first-order valence-corrected chi connectivity index (χ1v) is 7.33. The van der Waals surface area contributed by atoms with Crippen molar-refractivity contribution in [1.82, 2.24) is 0 Å². The molecule has 2 aromatic carbocycles. The van der Waals surface area contributed by atoms with E-state index in [1.807, 2.05) is 0 Å². The van der Waals surface area contributed by atoms with Crippen LogP contribution in [-0.2, 0) is 9.53 Å². The van der Waals surface area contributed by atoms with E-state index in [-0.39, 0.29) is 16.3 Å². The van der Waals surface area contributed by atoms with Crippen LogP contribution in [0.3, 0.4) is 0 Å². The zero-order valence-corrected chi connectivity index (χ0v) is 13.8. The zero-order valence-electron chi connectivity index (χ0n) is 13.0. The molecule has 0 spiro atoms. The molecule has 0 unspecified atom stereocenters. The number of halogens is 1. The first-order valence-electron chi connectivity index (χ1n) is 6.95. The van der Waals surface area contributed by atoms with Gasteiger partial charge in [0.05, 0.1) is 22.6 Å². The average molecular weight is 365 g/mol. The molecule has 1 amide bonds. The number of hydrogen-bond donors (Lipinski definition) is 1. The molecule has 0 atom stereocenters. The van der Waals surface area contributed by atoms with Crippen LogP contribution >= 0.6 is 11.6 Å². The molecular formula is C16H13ClN2O6. The number of non-ortho nitro benzene ring substituents is 1. The number of esters is 1. The molecule has 0 saturated heterocycles. The number of nitro groups is 1. The normalized spacial score (nSPS) is 10.0. The summed E-state index contributed by atoms with van der Waals surface area (Å²) in [5.74, 6) is -0.854. The number of carbonyl (C=O) groups is 2. The van der Waals surface area contributed by atoms with Crippen LogP contribution in [0.2, 0.25) is 5.02 Å². The Hall–Kier alpha value is -3.13.